The van der Waals surface area contributed by atoms with Gasteiger partial charge >= 0.3 is 0 Å². The molecule has 0 saturated carbocycles. The van der Waals surface area contributed by atoms with Crippen LogP contribution in [0.15, 0.2) is 51.4 Å². The summed E-state index contributed by atoms with van der Waals surface area (Å²) in [4.78, 5) is 24.5. The maximum atomic E-state index is 12.4. The van der Waals surface area contributed by atoms with Crippen LogP contribution in [0, 0.1) is 5.92 Å². The number of hydrazine groups is 1. The molecule has 0 saturated heterocycles. The molecule has 3 N–H and O–H groups in total. The normalized spacial score (nSPS) is 10.4. The first-order chi connectivity index (χ1) is 13.8. The molecule has 0 aliphatic heterocycles. The Morgan fingerprint density at radius 1 is 1.03 bits per heavy atom. The second kappa shape index (κ2) is 11.3. The summed E-state index contributed by atoms with van der Waals surface area (Å²) in [6.07, 6.45) is 0.944. The van der Waals surface area contributed by atoms with Gasteiger partial charge in [0, 0.05) is 10.0 Å². The summed E-state index contributed by atoms with van der Waals surface area (Å²) in [7, 11) is 0. The molecule has 0 atom stereocenters. The molecule has 0 radical (unpaired) electrons. The van der Waals surface area contributed by atoms with Gasteiger partial charge in [0.15, 0.2) is 5.11 Å². The summed E-state index contributed by atoms with van der Waals surface area (Å²) in [5, 5.41) is 2.49. The molecular weight excluding hydrogens is 522 g/mol. The Morgan fingerprint density at radius 2 is 1.76 bits per heavy atom. The van der Waals surface area contributed by atoms with Gasteiger partial charge in [0.2, 0.25) is 0 Å². The van der Waals surface area contributed by atoms with E-state index in [0.717, 1.165) is 6.42 Å². The predicted octanol–water partition coefficient (Wildman–Crippen LogP) is 4.59. The number of hydrogen-bond donors (Lipinski definition) is 3. The molecule has 0 aromatic heterocycles. The first kappa shape index (κ1) is 23.3. The fourth-order valence-electron chi connectivity index (χ4n) is 2.20. The van der Waals surface area contributed by atoms with Crippen LogP contribution in [-0.2, 0) is 0 Å². The molecule has 2 aromatic carbocycles. The van der Waals surface area contributed by atoms with Crippen molar-refractivity contribution in [1.29, 1.82) is 0 Å². The monoisotopic (exact) mass is 541 g/mol. The number of ether oxygens (including phenoxy) is 1. The molecule has 2 amide bonds. The molecule has 154 valence electrons. The molecule has 6 nitrogen and oxygen atoms in total. The van der Waals surface area contributed by atoms with Crippen LogP contribution in [-0.4, -0.2) is 23.5 Å². The standard InChI is InChI=1S/C20H21Br2N3O3S/c1-12(2)9-10-28-17-8-7-13(11-16(17)22)18(26)23-20(29)25-24-19(27)14-5-3-4-6-15(14)21/h3-8,11-12H,9-10H2,1-2H3,(H,24,27)(H2,23,25,26,29). The average Bonchev–Trinajstić information content (AvgIpc) is 2.67. The molecule has 0 heterocycles. The second-order valence-corrected chi connectivity index (χ2v) is 8.64. The highest BCUT2D eigenvalue weighted by molar-refractivity contribution is 9.10. The maximum absolute atomic E-state index is 12.4. The van der Waals surface area contributed by atoms with Gasteiger partial charge in [-0.2, -0.15) is 0 Å². The van der Waals surface area contributed by atoms with E-state index in [-0.39, 0.29) is 11.0 Å². The average molecular weight is 543 g/mol. The first-order valence-corrected chi connectivity index (χ1v) is 10.9. The first-order valence-electron chi connectivity index (χ1n) is 8.86. The smallest absolute Gasteiger partial charge is 0.270 e. The number of carbonyl (C=O) groups excluding carboxylic acids is 2. The van der Waals surface area contributed by atoms with Gasteiger partial charge in [-0.3, -0.25) is 25.8 Å². The molecule has 0 bridgehead atoms. The van der Waals surface area contributed by atoms with Crippen molar-refractivity contribution in [2.75, 3.05) is 6.61 Å². The molecule has 2 rings (SSSR count). The van der Waals surface area contributed by atoms with E-state index in [1.807, 2.05) is 0 Å². The van der Waals surface area contributed by atoms with Gasteiger partial charge in [0.05, 0.1) is 16.6 Å². The third-order valence-corrected chi connectivity index (χ3v) is 5.30. The number of rotatable bonds is 6. The van der Waals surface area contributed by atoms with E-state index in [0.29, 0.717) is 38.3 Å². The molecule has 0 aliphatic rings. The van der Waals surface area contributed by atoms with Crippen LogP contribution in [0.25, 0.3) is 0 Å². The third-order valence-electron chi connectivity index (χ3n) is 3.78. The zero-order chi connectivity index (χ0) is 21.4. The van der Waals surface area contributed by atoms with Gasteiger partial charge in [0.1, 0.15) is 5.75 Å². The number of halogens is 2. The van der Waals surface area contributed by atoms with Crippen LogP contribution in [0.4, 0.5) is 0 Å². The lowest BCUT2D eigenvalue weighted by atomic mass is 10.1. The molecule has 2 aromatic rings. The molecule has 29 heavy (non-hydrogen) atoms. The van der Waals surface area contributed by atoms with Gasteiger partial charge in [-0.05, 0) is 86.7 Å². The highest BCUT2D eigenvalue weighted by atomic mass is 79.9. The number of carbonyl (C=O) groups is 2. The van der Waals surface area contributed by atoms with Crippen LogP contribution in [0.3, 0.4) is 0 Å². The fourth-order valence-corrected chi connectivity index (χ4v) is 3.30. The predicted molar refractivity (Wildman–Crippen MR) is 124 cm³/mol. The third kappa shape index (κ3) is 7.41. The fraction of sp³-hybridized carbons (Fsp3) is 0.250. The number of amides is 2. The zero-order valence-corrected chi connectivity index (χ0v) is 19.9. The highest BCUT2D eigenvalue weighted by Gasteiger charge is 2.13. The number of hydrogen-bond acceptors (Lipinski definition) is 4. The SMILES string of the molecule is CC(C)CCOc1ccc(C(=O)NC(=S)NNC(=O)c2ccccc2Br)cc1Br. The van der Waals surface area contributed by atoms with Crippen molar-refractivity contribution in [2.24, 2.45) is 5.92 Å². The molecule has 0 aliphatic carbocycles. The minimum atomic E-state index is -0.410. The van der Waals surface area contributed by atoms with Crippen molar-refractivity contribution in [3.8, 4) is 5.75 Å². The van der Waals surface area contributed by atoms with Crippen LogP contribution in [0.2, 0.25) is 0 Å². The number of nitrogens with one attached hydrogen (secondary N) is 3. The minimum Gasteiger partial charge on any atom is -0.492 e. The van der Waals surface area contributed by atoms with Crippen molar-refractivity contribution in [3.63, 3.8) is 0 Å². The van der Waals surface area contributed by atoms with E-state index < -0.39 is 5.91 Å². The highest BCUT2D eigenvalue weighted by Crippen LogP contribution is 2.26. The van der Waals surface area contributed by atoms with Crippen molar-refractivity contribution in [2.45, 2.75) is 20.3 Å². The lowest BCUT2D eigenvalue weighted by molar-refractivity contribution is 0.0934. The van der Waals surface area contributed by atoms with E-state index in [1.54, 1.807) is 42.5 Å². The van der Waals surface area contributed by atoms with Crippen molar-refractivity contribution < 1.29 is 14.3 Å². The number of thiocarbonyl (C=S) groups is 1. The second-order valence-electron chi connectivity index (χ2n) is 6.52. The summed E-state index contributed by atoms with van der Waals surface area (Å²) in [5.74, 6) is 0.422. The molecule has 0 unspecified atom stereocenters. The quantitative estimate of drug-likeness (QED) is 0.367. The zero-order valence-electron chi connectivity index (χ0n) is 15.9. The Morgan fingerprint density at radius 3 is 2.41 bits per heavy atom. The van der Waals surface area contributed by atoms with Gasteiger partial charge in [0.25, 0.3) is 11.8 Å². The topological polar surface area (TPSA) is 79.5 Å². The van der Waals surface area contributed by atoms with Crippen molar-refractivity contribution >= 4 is 61.0 Å². The van der Waals surface area contributed by atoms with Crippen molar-refractivity contribution in [3.05, 3.63) is 62.5 Å². The van der Waals surface area contributed by atoms with Crippen LogP contribution in [0.5, 0.6) is 5.75 Å². The van der Waals surface area contributed by atoms with Gasteiger partial charge in [-0.15, -0.1) is 0 Å². The number of benzene rings is 2. The van der Waals surface area contributed by atoms with Crippen LogP contribution >= 0.6 is 44.1 Å². The molecular formula is C20H21Br2N3O3S. The lowest BCUT2D eigenvalue weighted by Crippen LogP contribution is -2.48. The van der Waals surface area contributed by atoms with E-state index >= 15 is 0 Å². The largest absolute Gasteiger partial charge is 0.492 e. The minimum absolute atomic E-state index is 0.0243. The summed E-state index contributed by atoms with van der Waals surface area (Å²) in [6.45, 7) is 4.86. The molecule has 0 spiro atoms. The van der Waals surface area contributed by atoms with Crippen LogP contribution < -0.4 is 20.9 Å². The summed E-state index contributed by atoms with van der Waals surface area (Å²) >= 11 is 11.8. The molecule has 0 fully saturated rings. The summed E-state index contributed by atoms with van der Waals surface area (Å²) in [5.41, 5.74) is 5.79. The maximum Gasteiger partial charge on any atom is 0.270 e. The Labute approximate surface area is 192 Å². The lowest BCUT2D eigenvalue weighted by Gasteiger charge is -2.13. The Balaban J connectivity index is 1.87. The van der Waals surface area contributed by atoms with Crippen LogP contribution in [0.1, 0.15) is 41.0 Å². The van der Waals surface area contributed by atoms with E-state index in [2.05, 4.69) is 61.9 Å². The van der Waals surface area contributed by atoms with E-state index in [9.17, 15) is 9.59 Å². The van der Waals surface area contributed by atoms with Gasteiger partial charge in [-0.1, -0.05) is 26.0 Å². The van der Waals surface area contributed by atoms with Gasteiger partial charge in [-0.25, -0.2) is 0 Å². The van der Waals surface area contributed by atoms with Gasteiger partial charge < -0.3 is 4.74 Å². The Bertz CT molecular complexity index is 906. The summed E-state index contributed by atoms with van der Waals surface area (Å²) < 4.78 is 7.04. The Hall–Kier alpha value is -1.97. The summed E-state index contributed by atoms with van der Waals surface area (Å²) in [6, 6.07) is 12.0. The van der Waals surface area contributed by atoms with E-state index in [4.69, 9.17) is 17.0 Å². The Kier molecular flexibility index (Phi) is 9.06. The van der Waals surface area contributed by atoms with E-state index in [1.165, 1.54) is 0 Å². The molecule has 9 heteroatoms. The van der Waals surface area contributed by atoms with Crippen molar-refractivity contribution in [1.82, 2.24) is 16.2 Å².